The van der Waals surface area contributed by atoms with Crippen LogP contribution in [0.1, 0.15) is 17.9 Å². The largest absolute Gasteiger partial charge is 0.443 e. The van der Waals surface area contributed by atoms with Crippen LogP contribution in [-0.2, 0) is 0 Å². The van der Waals surface area contributed by atoms with Gasteiger partial charge in [0.15, 0.2) is 12.2 Å². The summed E-state index contributed by atoms with van der Waals surface area (Å²) in [5.41, 5.74) is 0.925. The molecule has 1 aliphatic rings. The lowest BCUT2D eigenvalue weighted by atomic mass is 10.3. The fraction of sp³-hybridized carbons (Fsp3) is 0.125. The zero-order valence-electron chi connectivity index (χ0n) is 5.45. The molecule has 2 nitrogen and oxygen atoms in total. The summed E-state index contributed by atoms with van der Waals surface area (Å²) in [6, 6.07) is 0. The van der Waals surface area contributed by atoms with Gasteiger partial charge in [0.1, 0.15) is 5.69 Å². The maximum absolute atomic E-state index is 5.09. The number of rotatable bonds is 0. The van der Waals surface area contributed by atoms with E-state index in [9.17, 15) is 0 Å². The average molecular weight is 133 g/mol. The Bertz CT molecular complexity index is 257. The van der Waals surface area contributed by atoms with Crippen LogP contribution >= 0.6 is 0 Å². The quantitative estimate of drug-likeness (QED) is 0.541. The summed E-state index contributed by atoms with van der Waals surface area (Å²) in [6.07, 6.45) is 10.5. The molecule has 0 saturated heterocycles. The maximum atomic E-state index is 5.09. The molecule has 0 spiro atoms. The van der Waals surface area contributed by atoms with Gasteiger partial charge in [-0.05, 0) is 18.6 Å². The van der Waals surface area contributed by atoms with Gasteiger partial charge in [0, 0.05) is 0 Å². The van der Waals surface area contributed by atoms with E-state index in [2.05, 4.69) is 11.1 Å². The Kier molecular flexibility index (Phi) is 1.17. The summed E-state index contributed by atoms with van der Waals surface area (Å²) >= 11 is 0. The van der Waals surface area contributed by atoms with Crippen LogP contribution in [0.5, 0.6) is 0 Å². The number of hydrogen-bond acceptors (Lipinski definition) is 2. The number of allylic oxidation sites excluding steroid dienone is 2. The fourth-order valence-corrected chi connectivity index (χ4v) is 0.947. The van der Waals surface area contributed by atoms with Crippen LogP contribution in [0.15, 0.2) is 23.0 Å². The van der Waals surface area contributed by atoms with Gasteiger partial charge in [0.05, 0.1) is 0 Å². The standard InChI is InChI=1S/C8H7NO/c1-2-4-7-8(5-3-1)10-6-9-7/h2-6H,1H2. The Morgan fingerprint density at radius 3 is 3.20 bits per heavy atom. The van der Waals surface area contributed by atoms with Crippen LogP contribution in [0.3, 0.4) is 0 Å². The molecule has 2 heteroatoms. The number of oxazole rings is 1. The monoisotopic (exact) mass is 133 g/mol. The molecule has 1 aromatic heterocycles. The van der Waals surface area contributed by atoms with Crippen molar-refractivity contribution < 1.29 is 4.42 Å². The molecule has 2 rings (SSSR count). The zero-order valence-corrected chi connectivity index (χ0v) is 5.45. The Balaban J connectivity index is 2.56. The van der Waals surface area contributed by atoms with Crippen molar-refractivity contribution in [3.8, 4) is 0 Å². The summed E-state index contributed by atoms with van der Waals surface area (Å²) in [5.74, 6) is 0.855. The molecule has 0 saturated carbocycles. The highest BCUT2D eigenvalue weighted by Gasteiger charge is 2.01. The topological polar surface area (TPSA) is 26.0 Å². The van der Waals surface area contributed by atoms with Crippen molar-refractivity contribution in [2.24, 2.45) is 0 Å². The molecule has 10 heavy (non-hydrogen) atoms. The Labute approximate surface area is 58.9 Å². The lowest BCUT2D eigenvalue weighted by molar-refractivity contribution is 0.548. The van der Waals surface area contributed by atoms with E-state index < -0.39 is 0 Å². The van der Waals surface area contributed by atoms with Gasteiger partial charge in [0.2, 0.25) is 0 Å². The van der Waals surface area contributed by atoms with Crippen LogP contribution in [0, 0.1) is 0 Å². The van der Waals surface area contributed by atoms with Crippen molar-refractivity contribution in [2.45, 2.75) is 6.42 Å². The molecular formula is C8H7NO. The van der Waals surface area contributed by atoms with Gasteiger partial charge in [-0.1, -0.05) is 12.2 Å². The molecule has 0 aliphatic heterocycles. The van der Waals surface area contributed by atoms with Crippen molar-refractivity contribution >= 4 is 12.2 Å². The first-order valence-corrected chi connectivity index (χ1v) is 3.23. The van der Waals surface area contributed by atoms with E-state index in [1.165, 1.54) is 6.39 Å². The van der Waals surface area contributed by atoms with Crippen molar-refractivity contribution in [3.63, 3.8) is 0 Å². The lowest BCUT2D eigenvalue weighted by Crippen LogP contribution is -1.71. The molecule has 0 bridgehead atoms. The van der Waals surface area contributed by atoms with E-state index >= 15 is 0 Å². The second-order valence-electron chi connectivity index (χ2n) is 2.14. The number of nitrogens with zero attached hydrogens (tertiary/aromatic N) is 1. The highest BCUT2D eigenvalue weighted by molar-refractivity contribution is 5.60. The normalized spacial score (nSPS) is 14.8. The summed E-state index contributed by atoms with van der Waals surface area (Å²) in [5, 5.41) is 0. The molecule has 0 amide bonds. The molecule has 50 valence electrons. The van der Waals surface area contributed by atoms with Crippen LogP contribution in [0.4, 0.5) is 0 Å². The molecular weight excluding hydrogens is 126 g/mol. The SMILES string of the molecule is C1=Cc2ncoc2C=CC1. The minimum absolute atomic E-state index is 0.855. The minimum Gasteiger partial charge on any atom is -0.443 e. The third-order valence-electron chi connectivity index (χ3n) is 1.44. The van der Waals surface area contributed by atoms with Gasteiger partial charge >= 0.3 is 0 Å². The summed E-state index contributed by atoms with van der Waals surface area (Å²) < 4.78 is 5.09. The smallest absolute Gasteiger partial charge is 0.181 e. The molecule has 0 aromatic carbocycles. The number of fused-ring (bicyclic) bond motifs is 1. The van der Waals surface area contributed by atoms with Gasteiger partial charge in [-0.3, -0.25) is 0 Å². The Morgan fingerprint density at radius 1 is 1.30 bits per heavy atom. The third-order valence-corrected chi connectivity index (χ3v) is 1.44. The lowest BCUT2D eigenvalue weighted by Gasteiger charge is -1.81. The van der Waals surface area contributed by atoms with Crippen LogP contribution in [0.2, 0.25) is 0 Å². The van der Waals surface area contributed by atoms with Crippen molar-refractivity contribution in [1.29, 1.82) is 0 Å². The predicted molar refractivity (Wildman–Crippen MR) is 39.2 cm³/mol. The number of aromatic nitrogens is 1. The first-order chi connectivity index (χ1) is 4.97. The third kappa shape index (κ3) is 0.778. The van der Waals surface area contributed by atoms with Gasteiger partial charge in [-0.25, -0.2) is 4.98 Å². The summed E-state index contributed by atoms with van der Waals surface area (Å²) in [4.78, 5) is 4.01. The molecule has 0 unspecified atom stereocenters. The highest BCUT2D eigenvalue weighted by atomic mass is 16.3. The summed E-state index contributed by atoms with van der Waals surface area (Å²) in [7, 11) is 0. The van der Waals surface area contributed by atoms with Gasteiger partial charge in [-0.2, -0.15) is 0 Å². The second-order valence-corrected chi connectivity index (χ2v) is 2.14. The minimum atomic E-state index is 0.855. The molecule has 1 aromatic rings. The molecule has 0 fully saturated rings. The predicted octanol–water partition coefficient (Wildman–Crippen LogP) is 2.10. The molecule has 0 N–H and O–H groups in total. The summed E-state index contributed by atoms with van der Waals surface area (Å²) in [6.45, 7) is 0. The first-order valence-electron chi connectivity index (χ1n) is 3.23. The van der Waals surface area contributed by atoms with Crippen molar-refractivity contribution in [3.05, 3.63) is 30.0 Å². The Hall–Kier alpha value is -1.31. The molecule has 0 radical (unpaired) electrons. The second kappa shape index (κ2) is 2.14. The average Bonchev–Trinajstić information content (AvgIpc) is 2.28. The zero-order chi connectivity index (χ0) is 6.81. The van der Waals surface area contributed by atoms with E-state index in [-0.39, 0.29) is 0 Å². The fourth-order valence-electron chi connectivity index (χ4n) is 0.947. The van der Waals surface area contributed by atoms with Gasteiger partial charge < -0.3 is 4.42 Å². The van der Waals surface area contributed by atoms with Crippen LogP contribution in [0.25, 0.3) is 12.2 Å². The molecule has 0 atom stereocenters. The van der Waals surface area contributed by atoms with Crippen molar-refractivity contribution in [2.75, 3.05) is 0 Å². The van der Waals surface area contributed by atoms with E-state index in [0.29, 0.717) is 0 Å². The van der Waals surface area contributed by atoms with E-state index in [4.69, 9.17) is 4.42 Å². The molecule has 1 aliphatic carbocycles. The van der Waals surface area contributed by atoms with E-state index in [1.807, 2.05) is 18.2 Å². The van der Waals surface area contributed by atoms with Crippen LogP contribution in [-0.4, -0.2) is 4.98 Å². The van der Waals surface area contributed by atoms with Gasteiger partial charge in [-0.15, -0.1) is 0 Å². The maximum Gasteiger partial charge on any atom is 0.181 e. The van der Waals surface area contributed by atoms with E-state index in [1.54, 1.807) is 0 Å². The van der Waals surface area contributed by atoms with Gasteiger partial charge in [0.25, 0.3) is 0 Å². The highest BCUT2D eigenvalue weighted by Crippen LogP contribution is 2.14. The number of hydrogen-bond donors (Lipinski definition) is 0. The van der Waals surface area contributed by atoms with Crippen molar-refractivity contribution in [1.82, 2.24) is 4.98 Å². The molecule has 1 heterocycles. The van der Waals surface area contributed by atoms with E-state index in [0.717, 1.165) is 17.9 Å². The Morgan fingerprint density at radius 2 is 2.20 bits per heavy atom. The van der Waals surface area contributed by atoms with Crippen LogP contribution < -0.4 is 0 Å². The first kappa shape index (κ1) is 5.47.